The van der Waals surface area contributed by atoms with Crippen LogP contribution in [0.25, 0.3) is 10.1 Å². The first-order valence-electron chi connectivity index (χ1n) is 9.67. The average Bonchev–Trinajstić information content (AvgIpc) is 3.15. The van der Waals surface area contributed by atoms with Crippen molar-refractivity contribution < 1.29 is 13.6 Å². The van der Waals surface area contributed by atoms with Crippen LogP contribution in [0.3, 0.4) is 0 Å². The van der Waals surface area contributed by atoms with E-state index in [1.165, 1.54) is 17.8 Å². The molecule has 0 spiro atoms. The largest absolute Gasteiger partial charge is 0.467 e. The molecule has 4 aromatic rings. The number of amides is 1. The van der Waals surface area contributed by atoms with Crippen LogP contribution < -0.4 is 0 Å². The Morgan fingerprint density at radius 2 is 1.93 bits per heavy atom. The van der Waals surface area contributed by atoms with Crippen LogP contribution in [0.15, 0.2) is 63.6 Å². The summed E-state index contributed by atoms with van der Waals surface area (Å²) >= 11 is 7.99. The molecule has 148 valence electrons. The average molecular weight is 426 g/mol. The van der Waals surface area contributed by atoms with Crippen molar-refractivity contribution in [1.29, 1.82) is 0 Å². The number of furan rings is 2. The van der Waals surface area contributed by atoms with E-state index in [4.69, 9.17) is 20.4 Å². The number of halogens is 1. The molecule has 29 heavy (non-hydrogen) atoms. The van der Waals surface area contributed by atoms with E-state index >= 15 is 0 Å². The lowest BCUT2D eigenvalue weighted by molar-refractivity contribution is 0.0709. The van der Waals surface area contributed by atoms with Crippen molar-refractivity contribution in [1.82, 2.24) is 4.90 Å². The van der Waals surface area contributed by atoms with E-state index in [2.05, 4.69) is 6.92 Å². The summed E-state index contributed by atoms with van der Waals surface area (Å²) in [5, 5.41) is 1.41. The van der Waals surface area contributed by atoms with Gasteiger partial charge in [0.1, 0.15) is 22.2 Å². The second-order valence-corrected chi connectivity index (χ2v) is 9.04. The molecule has 0 bridgehead atoms. The first-order valence-corrected chi connectivity index (χ1v) is 10.9. The van der Waals surface area contributed by atoms with E-state index in [1.54, 1.807) is 11.2 Å². The molecule has 1 fully saturated rings. The van der Waals surface area contributed by atoms with E-state index < -0.39 is 0 Å². The molecule has 0 radical (unpaired) electrons. The highest BCUT2D eigenvalue weighted by Gasteiger charge is 2.36. The number of rotatable bonds is 6. The fourth-order valence-electron chi connectivity index (χ4n) is 3.67. The Morgan fingerprint density at radius 3 is 2.66 bits per heavy atom. The third-order valence-electron chi connectivity index (χ3n) is 5.45. The lowest BCUT2D eigenvalue weighted by Gasteiger charge is -2.20. The third-order valence-corrected chi connectivity index (χ3v) is 7.11. The van der Waals surface area contributed by atoms with Crippen molar-refractivity contribution in [2.24, 2.45) is 5.92 Å². The van der Waals surface area contributed by atoms with Gasteiger partial charge in [-0.2, -0.15) is 0 Å². The highest BCUT2D eigenvalue weighted by Crippen LogP contribution is 2.47. The molecule has 1 aliphatic rings. The topological polar surface area (TPSA) is 46.6 Å². The zero-order valence-electron chi connectivity index (χ0n) is 15.9. The molecule has 1 saturated carbocycles. The maximum absolute atomic E-state index is 13.4. The standard InChI is InChI=1S/C23H20ClNO3S/c1-14-11-18(14)19-9-8-16(28-19)13-25(12-15-5-4-10-27-15)23(26)22-21(24)17-6-2-3-7-20(17)29-22/h2-10,14,18H,11-13H2,1H3. The summed E-state index contributed by atoms with van der Waals surface area (Å²) in [7, 11) is 0. The van der Waals surface area contributed by atoms with Crippen LogP contribution in [0.2, 0.25) is 5.02 Å². The van der Waals surface area contributed by atoms with E-state index in [0.717, 1.165) is 27.4 Å². The lowest BCUT2D eigenvalue weighted by Crippen LogP contribution is -2.29. The van der Waals surface area contributed by atoms with Crippen molar-refractivity contribution in [3.8, 4) is 0 Å². The second kappa shape index (κ2) is 7.39. The minimum absolute atomic E-state index is 0.120. The van der Waals surface area contributed by atoms with Crippen LogP contribution in [-0.2, 0) is 13.1 Å². The predicted molar refractivity (Wildman–Crippen MR) is 114 cm³/mol. The molecule has 1 aliphatic carbocycles. The molecule has 1 aromatic carbocycles. The van der Waals surface area contributed by atoms with Gasteiger partial charge < -0.3 is 13.7 Å². The smallest absolute Gasteiger partial charge is 0.266 e. The van der Waals surface area contributed by atoms with Crippen LogP contribution in [-0.4, -0.2) is 10.8 Å². The molecule has 6 heteroatoms. The third kappa shape index (κ3) is 3.61. The van der Waals surface area contributed by atoms with Crippen LogP contribution in [0, 0.1) is 5.92 Å². The number of benzene rings is 1. The minimum Gasteiger partial charge on any atom is -0.467 e. The quantitative estimate of drug-likeness (QED) is 0.345. The Morgan fingerprint density at radius 1 is 1.14 bits per heavy atom. The van der Waals surface area contributed by atoms with Crippen molar-refractivity contribution in [2.75, 3.05) is 0 Å². The lowest BCUT2D eigenvalue weighted by atomic mass is 10.2. The fourth-order valence-corrected chi connectivity index (χ4v) is 5.15. The van der Waals surface area contributed by atoms with Gasteiger partial charge in [0, 0.05) is 16.0 Å². The van der Waals surface area contributed by atoms with Crippen molar-refractivity contribution in [3.63, 3.8) is 0 Å². The number of thiophene rings is 1. The molecular formula is C23H20ClNO3S. The van der Waals surface area contributed by atoms with Gasteiger partial charge >= 0.3 is 0 Å². The summed E-state index contributed by atoms with van der Waals surface area (Å²) in [4.78, 5) is 15.7. The number of hydrogen-bond acceptors (Lipinski definition) is 4. The number of hydrogen-bond donors (Lipinski definition) is 0. The summed E-state index contributed by atoms with van der Waals surface area (Å²) in [6, 6.07) is 15.5. The normalized spacial score (nSPS) is 18.3. The number of nitrogens with zero attached hydrogens (tertiary/aromatic N) is 1. The molecular weight excluding hydrogens is 406 g/mol. The van der Waals surface area contributed by atoms with Gasteiger partial charge in [-0.15, -0.1) is 11.3 Å². The Balaban J connectivity index is 1.45. The molecule has 2 unspecified atom stereocenters. The fraction of sp³-hybridized carbons (Fsp3) is 0.261. The van der Waals surface area contributed by atoms with Crippen molar-refractivity contribution in [3.05, 3.63) is 82.0 Å². The second-order valence-electron chi connectivity index (χ2n) is 7.61. The summed E-state index contributed by atoms with van der Waals surface area (Å²) in [6.45, 7) is 2.94. The first kappa shape index (κ1) is 18.5. The first-order chi connectivity index (χ1) is 14.1. The van der Waals surface area contributed by atoms with Gasteiger partial charge in [0.15, 0.2) is 0 Å². The highest BCUT2D eigenvalue weighted by atomic mass is 35.5. The van der Waals surface area contributed by atoms with Gasteiger partial charge in [0.2, 0.25) is 0 Å². The van der Waals surface area contributed by atoms with E-state index in [-0.39, 0.29) is 5.91 Å². The molecule has 0 saturated heterocycles. The van der Waals surface area contributed by atoms with Crippen molar-refractivity contribution in [2.45, 2.75) is 32.4 Å². The van der Waals surface area contributed by atoms with E-state index in [9.17, 15) is 4.79 Å². The van der Waals surface area contributed by atoms with Gasteiger partial charge in [-0.05, 0) is 42.7 Å². The number of fused-ring (bicyclic) bond motifs is 1. The minimum atomic E-state index is -0.120. The van der Waals surface area contributed by atoms with Gasteiger partial charge in [0.25, 0.3) is 5.91 Å². The molecule has 4 nitrogen and oxygen atoms in total. The monoisotopic (exact) mass is 425 g/mol. The van der Waals surface area contributed by atoms with Gasteiger partial charge in [-0.3, -0.25) is 4.79 Å². The molecule has 1 amide bonds. The molecule has 2 atom stereocenters. The molecule has 3 aromatic heterocycles. The van der Waals surface area contributed by atoms with Gasteiger partial charge in [0.05, 0.1) is 24.4 Å². The maximum atomic E-state index is 13.4. The van der Waals surface area contributed by atoms with Crippen LogP contribution >= 0.6 is 22.9 Å². The zero-order valence-corrected chi connectivity index (χ0v) is 17.5. The van der Waals surface area contributed by atoms with Gasteiger partial charge in [-0.25, -0.2) is 0 Å². The Kier molecular flexibility index (Phi) is 4.72. The molecule has 0 aliphatic heterocycles. The maximum Gasteiger partial charge on any atom is 0.266 e. The van der Waals surface area contributed by atoms with Crippen molar-refractivity contribution >= 4 is 38.9 Å². The highest BCUT2D eigenvalue weighted by molar-refractivity contribution is 7.21. The molecule has 5 rings (SSSR count). The summed E-state index contributed by atoms with van der Waals surface area (Å²) in [6.07, 6.45) is 2.78. The Bertz CT molecular complexity index is 1160. The summed E-state index contributed by atoms with van der Waals surface area (Å²) < 4.78 is 12.5. The number of carbonyl (C=O) groups is 1. The van der Waals surface area contributed by atoms with E-state index in [1.807, 2.05) is 48.5 Å². The predicted octanol–water partition coefficient (Wildman–Crippen LogP) is 6.71. The zero-order chi connectivity index (χ0) is 20.0. The summed E-state index contributed by atoms with van der Waals surface area (Å²) in [5.74, 6) is 3.57. The van der Waals surface area contributed by atoms with E-state index in [0.29, 0.717) is 34.8 Å². The van der Waals surface area contributed by atoms with Crippen LogP contribution in [0.5, 0.6) is 0 Å². The summed E-state index contributed by atoms with van der Waals surface area (Å²) in [5.41, 5.74) is 0. The Hall–Kier alpha value is -2.50. The number of carbonyl (C=O) groups excluding carboxylic acids is 1. The SMILES string of the molecule is CC1CC1c1ccc(CN(Cc2ccco2)C(=O)c2sc3ccccc3c2Cl)o1. The molecule has 0 N–H and O–H groups in total. The van der Waals surface area contributed by atoms with Crippen LogP contribution in [0.1, 0.15) is 46.2 Å². The Labute approximate surface area is 177 Å². The van der Waals surface area contributed by atoms with Gasteiger partial charge in [-0.1, -0.05) is 36.7 Å². The molecule has 3 heterocycles. The van der Waals surface area contributed by atoms with Crippen LogP contribution in [0.4, 0.5) is 0 Å².